The Morgan fingerprint density at radius 2 is 1.62 bits per heavy atom. The predicted octanol–water partition coefficient (Wildman–Crippen LogP) is 9.26. The topological polar surface area (TPSA) is 17.1 Å². The molecule has 0 aromatic heterocycles. The number of carbonyl (C=O) groups is 1. The molecule has 1 heteroatoms. The largest absolute Gasteiger partial charge is 0.299 e. The third-order valence-electron chi connectivity index (χ3n) is 11.5. The number of fused-ring (bicyclic) bond motifs is 5. The van der Waals surface area contributed by atoms with E-state index < -0.39 is 0 Å². The summed E-state index contributed by atoms with van der Waals surface area (Å²) in [5.41, 5.74) is 1.26. The van der Waals surface area contributed by atoms with E-state index in [9.17, 15) is 4.79 Å². The zero-order valence-corrected chi connectivity index (χ0v) is 22.3. The van der Waals surface area contributed by atoms with Crippen molar-refractivity contribution < 1.29 is 4.79 Å². The van der Waals surface area contributed by atoms with Gasteiger partial charge in [0.15, 0.2) is 0 Å². The summed E-state index contributed by atoms with van der Waals surface area (Å²) in [5.74, 6) is 6.47. The molecule has 4 aliphatic rings. The van der Waals surface area contributed by atoms with E-state index in [-0.39, 0.29) is 5.92 Å². The lowest BCUT2D eigenvalue weighted by Crippen LogP contribution is -2.52. The third kappa shape index (κ3) is 4.79. The van der Waals surface area contributed by atoms with Gasteiger partial charge < -0.3 is 0 Å². The van der Waals surface area contributed by atoms with Crippen LogP contribution in [0.3, 0.4) is 0 Å². The summed E-state index contributed by atoms with van der Waals surface area (Å²) in [7, 11) is 0. The van der Waals surface area contributed by atoms with Crippen LogP contribution < -0.4 is 0 Å². The first-order valence-corrected chi connectivity index (χ1v) is 14.3. The van der Waals surface area contributed by atoms with Crippen LogP contribution in [-0.2, 0) is 4.79 Å². The lowest BCUT2D eigenvalue weighted by molar-refractivity contribution is -0.122. The minimum absolute atomic E-state index is 0.261. The van der Waals surface area contributed by atoms with Crippen molar-refractivity contribution in [3.05, 3.63) is 13.2 Å². The van der Waals surface area contributed by atoms with Gasteiger partial charge in [0.2, 0.25) is 0 Å². The second-order valence-corrected chi connectivity index (χ2v) is 12.9. The van der Waals surface area contributed by atoms with Crippen molar-refractivity contribution in [2.45, 2.75) is 125 Å². The van der Waals surface area contributed by atoms with Gasteiger partial charge in [0.05, 0.1) is 0 Å². The summed E-state index contributed by atoms with van der Waals surface area (Å²) >= 11 is 0. The minimum atomic E-state index is 0.261. The number of hydrogen-bond donors (Lipinski definition) is 0. The van der Waals surface area contributed by atoms with Crippen molar-refractivity contribution in [3.63, 3.8) is 0 Å². The normalized spacial score (nSPS) is 42.5. The lowest BCUT2D eigenvalue weighted by atomic mass is 9.44. The SMILES string of the molecule is C=C.CCC(C)C(=O)CC[C@@H](C)C[C@H]1CCC2C3CCC4CCCC[C@]4(C)C3CC[C@@]21C. The fourth-order valence-corrected chi connectivity index (χ4v) is 9.26. The molecule has 0 heterocycles. The average molecular weight is 443 g/mol. The molecule has 5 unspecified atom stereocenters. The molecule has 32 heavy (non-hydrogen) atoms. The monoisotopic (exact) mass is 442 g/mol. The van der Waals surface area contributed by atoms with E-state index in [0.29, 0.717) is 22.5 Å². The standard InChI is InChI=1S/C29H50O.C2H4/c1-6-21(3)27(30)15-10-20(2)19-23-12-14-25-24-13-11-22-9-7-8-17-28(22,4)26(24)16-18-29(23,25)5;1-2/h20-26H,6-19H2,1-5H3;1-2H2/t20-,21?,22?,23-,24?,25?,26?,28+,29-;/m1./s1. The molecule has 0 amide bonds. The second kappa shape index (κ2) is 10.8. The fourth-order valence-electron chi connectivity index (χ4n) is 9.26. The van der Waals surface area contributed by atoms with Gasteiger partial charge in [-0.1, -0.05) is 47.5 Å². The first-order valence-electron chi connectivity index (χ1n) is 14.3. The van der Waals surface area contributed by atoms with E-state index in [1.54, 1.807) is 0 Å². The minimum Gasteiger partial charge on any atom is -0.299 e. The van der Waals surface area contributed by atoms with Gasteiger partial charge in [-0.05, 0) is 117 Å². The van der Waals surface area contributed by atoms with E-state index >= 15 is 0 Å². The molecule has 0 spiro atoms. The lowest BCUT2D eigenvalue weighted by Gasteiger charge is -2.60. The van der Waals surface area contributed by atoms with Crippen LogP contribution in [0, 0.1) is 52.3 Å². The maximum Gasteiger partial charge on any atom is 0.135 e. The van der Waals surface area contributed by atoms with Gasteiger partial charge in [0.25, 0.3) is 0 Å². The molecule has 0 N–H and O–H groups in total. The summed E-state index contributed by atoms with van der Waals surface area (Å²) in [4.78, 5) is 12.3. The number of carbonyl (C=O) groups excluding carboxylic acids is 1. The molecule has 1 nitrogen and oxygen atoms in total. The van der Waals surface area contributed by atoms with Crippen molar-refractivity contribution in [3.8, 4) is 0 Å². The number of rotatable bonds is 7. The first-order chi connectivity index (χ1) is 15.3. The van der Waals surface area contributed by atoms with E-state index in [0.717, 1.165) is 48.9 Å². The highest BCUT2D eigenvalue weighted by Gasteiger charge is 2.59. The van der Waals surface area contributed by atoms with Gasteiger partial charge in [-0.2, -0.15) is 0 Å². The highest BCUT2D eigenvalue weighted by atomic mass is 16.1. The van der Waals surface area contributed by atoms with Gasteiger partial charge in [-0.3, -0.25) is 4.79 Å². The van der Waals surface area contributed by atoms with Crippen molar-refractivity contribution in [1.29, 1.82) is 0 Å². The van der Waals surface area contributed by atoms with Gasteiger partial charge in [0, 0.05) is 12.3 Å². The smallest absolute Gasteiger partial charge is 0.135 e. The van der Waals surface area contributed by atoms with Gasteiger partial charge in [-0.25, -0.2) is 0 Å². The molecule has 4 saturated carbocycles. The van der Waals surface area contributed by atoms with Crippen molar-refractivity contribution >= 4 is 5.78 Å². The van der Waals surface area contributed by atoms with Crippen molar-refractivity contribution in [2.75, 3.05) is 0 Å². The number of hydrogen-bond acceptors (Lipinski definition) is 1. The summed E-state index contributed by atoms with van der Waals surface area (Å²) in [6.45, 7) is 18.1. The maximum atomic E-state index is 12.3. The molecule has 4 fully saturated rings. The summed E-state index contributed by atoms with van der Waals surface area (Å²) in [5, 5.41) is 0. The molecular formula is C31H54O. The van der Waals surface area contributed by atoms with Crippen molar-refractivity contribution in [2.24, 2.45) is 52.3 Å². The van der Waals surface area contributed by atoms with Crippen LogP contribution in [0.1, 0.15) is 125 Å². The molecule has 0 saturated heterocycles. The van der Waals surface area contributed by atoms with E-state index in [1.165, 1.54) is 70.6 Å². The van der Waals surface area contributed by atoms with Gasteiger partial charge in [-0.15, -0.1) is 13.2 Å². The Hall–Kier alpha value is -0.590. The Kier molecular flexibility index (Phi) is 8.76. The Morgan fingerprint density at radius 3 is 2.34 bits per heavy atom. The van der Waals surface area contributed by atoms with Gasteiger partial charge in [0.1, 0.15) is 5.78 Å². The van der Waals surface area contributed by atoms with E-state index in [4.69, 9.17) is 0 Å². The van der Waals surface area contributed by atoms with Crippen LogP contribution in [0.15, 0.2) is 13.2 Å². The van der Waals surface area contributed by atoms with Crippen molar-refractivity contribution in [1.82, 2.24) is 0 Å². The summed E-state index contributed by atoms with van der Waals surface area (Å²) in [6, 6.07) is 0. The van der Waals surface area contributed by atoms with E-state index in [1.807, 2.05) is 0 Å². The van der Waals surface area contributed by atoms with Crippen LogP contribution in [-0.4, -0.2) is 5.78 Å². The number of Topliss-reactive ketones (excluding diaryl/α,β-unsaturated/α-hetero) is 1. The van der Waals surface area contributed by atoms with Crippen LogP contribution in [0.2, 0.25) is 0 Å². The molecule has 9 atom stereocenters. The molecule has 0 radical (unpaired) electrons. The van der Waals surface area contributed by atoms with Gasteiger partial charge >= 0.3 is 0 Å². The Balaban J connectivity index is 0.00000141. The first kappa shape index (κ1) is 26.0. The Bertz CT molecular complexity index is 624. The Morgan fingerprint density at radius 1 is 0.906 bits per heavy atom. The predicted molar refractivity (Wildman–Crippen MR) is 139 cm³/mol. The summed E-state index contributed by atoms with van der Waals surface area (Å²) < 4.78 is 0. The maximum absolute atomic E-state index is 12.3. The zero-order valence-electron chi connectivity index (χ0n) is 22.3. The second-order valence-electron chi connectivity index (χ2n) is 12.9. The van der Waals surface area contributed by atoms with Crippen LogP contribution in [0.5, 0.6) is 0 Å². The van der Waals surface area contributed by atoms with Crippen LogP contribution >= 0.6 is 0 Å². The highest BCUT2D eigenvalue weighted by Crippen LogP contribution is 2.68. The quantitative estimate of drug-likeness (QED) is 0.359. The Labute approximate surface area is 200 Å². The fraction of sp³-hybridized carbons (Fsp3) is 0.903. The molecule has 0 aromatic rings. The molecule has 4 aliphatic carbocycles. The molecular weight excluding hydrogens is 388 g/mol. The van der Waals surface area contributed by atoms with Crippen LogP contribution in [0.25, 0.3) is 0 Å². The average Bonchev–Trinajstić information content (AvgIpc) is 3.13. The van der Waals surface area contributed by atoms with Crippen LogP contribution in [0.4, 0.5) is 0 Å². The third-order valence-corrected chi connectivity index (χ3v) is 11.5. The molecule has 184 valence electrons. The molecule has 0 aromatic carbocycles. The van der Waals surface area contributed by atoms with E-state index in [2.05, 4.69) is 47.8 Å². The highest BCUT2D eigenvalue weighted by molar-refractivity contribution is 5.80. The number of ketones is 1. The molecule has 4 rings (SSSR count). The molecule has 0 aliphatic heterocycles. The summed E-state index contributed by atoms with van der Waals surface area (Å²) in [6.07, 6.45) is 19.4. The molecule has 0 bridgehead atoms. The zero-order chi connectivity index (χ0) is 23.5.